The predicted molar refractivity (Wildman–Crippen MR) is 114 cm³/mol. The predicted octanol–water partition coefficient (Wildman–Crippen LogP) is 4.72. The molecule has 4 aromatic rings. The van der Waals surface area contributed by atoms with Gasteiger partial charge >= 0.3 is 6.18 Å². The molecule has 0 saturated carbocycles. The number of aromatic nitrogens is 5. The molecule has 2 heterocycles. The number of alkyl halides is 3. The summed E-state index contributed by atoms with van der Waals surface area (Å²) in [4.78, 5) is 12.2. The van der Waals surface area contributed by atoms with Crippen LogP contribution in [0.1, 0.15) is 11.1 Å². The number of benzene rings is 2. The Labute approximate surface area is 185 Å². The van der Waals surface area contributed by atoms with Crippen LogP contribution < -0.4 is 20.5 Å². The number of nitrogens with one attached hydrogen (secondary N) is 2. The molecule has 12 heteroatoms. The van der Waals surface area contributed by atoms with Crippen LogP contribution in [0.3, 0.4) is 0 Å². The van der Waals surface area contributed by atoms with Gasteiger partial charge in [0, 0.05) is 11.3 Å². The summed E-state index contributed by atoms with van der Waals surface area (Å²) in [6, 6.07) is 12.3. The second kappa shape index (κ2) is 8.65. The van der Waals surface area contributed by atoms with Gasteiger partial charge in [-0.15, -0.1) is 5.10 Å². The van der Waals surface area contributed by atoms with E-state index in [1.165, 1.54) is 32.2 Å². The van der Waals surface area contributed by atoms with E-state index in [-0.39, 0.29) is 34.9 Å². The van der Waals surface area contributed by atoms with E-state index in [0.717, 1.165) is 6.07 Å². The van der Waals surface area contributed by atoms with Crippen molar-refractivity contribution in [3.63, 3.8) is 0 Å². The third-order valence-corrected chi connectivity index (χ3v) is 4.54. The Kier molecular flexibility index (Phi) is 5.73. The summed E-state index contributed by atoms with van der Waals surface area (Å²) >= 11 is 0. The number of halogens is 3. The molecule has 9 nitrogen and oxygen atoms in total. The standard InChI is InChI=1S/C21H18F3N7O2/c1-11-3-6-13(9-15(11)21(22,23)24)26-20-29-18(30-31-20)12-4-7-14(8-5-12)33-17-10-16(32-2)27-19(25)28-17/h3-10H,1-2H3,(H2,25,27,28)(H2,26,29,30,31). The van der Waals surface area contributed by atoms with Crippen molar-refractivity contribution in [3.05, 3.63) is 59.7 Å². The second-order valence-corrected chi connectivity index (χ2v) is 6.89. The Morgan fingerprint density at radius 1 is 0.970 bits per heavy atom. The van der Waals surface area contributed by atoms with Gasteiger partial charge in [0.25, 0.3) is 0 Å². The second-order valence-electron chi connectivity index (χ2n) is 6.89. The SMILES string of the molecule is COc1cc(Oc2ccc(-c3nc(Nc4ccc(C)c(C(F)(F)F)c4)n[nH]3)cc2)nc(N)n1. The van der Waals surface area contributed by atoms with Crippen LogP contribution >= 0.6 is 0 Å². The van der Waals surface area contributed by atoms with E-state index in [1.807, 2.05) is 0 Å². The van der Waals surface area contributed by atoms with E-state index in [9.17, 15) is 13.2 Å². The molecule has 0 amide bonds. The van der Waals surface area contributed by atoms with Gasteiger partial charge in [0.2, 0.25) is 23.7 Å². The normalized spacial score (nSPS) is 11.3. The fourth-order valence-corrected chi connectivity index (χ4v) is 2.96. The summed E-state index contributed by atoms with van der Waals surface area (Å²) in [6.07, 6.45) is -4.45. The largest absolute Gasteiger partial charge is 0.481 e. The van der Waals surface area contributed by atoms with Crippen molar-refractivity contribution in [1.82, 2.24) is 25.1 Å². The smallest absolute Gasteiger partial charge is 0.416 e. The topological polar surface area (TPSA) is 124 Å². The van der Waals surface area contributed by atoms with Crippen LogP contribution in [-0.4, -0.2) is 32.3 Å². The third-order valence-electron chi connectivity index (χ3n) is 4.54. The number of hydrogen-bond donors (Lipinski definition) is 3. The van der Waals surface area contributed by atoms with E-state index >= 15 is 0 Å². The molecule has 0 spiro atoms. The first kappa shape index (κ1) is 21.9. The molecule has 0 saturated heterocycles. The zero-order chi connectivity index (χ0) is 23.6. The monoisotopic (exact) mass is 457 g/mol. The van der Waals surface area contributed by atoms with Crippen molar-refractivity contribution < 1.29 is 22.6 Å². The average Bonchev–Trinajstić information content (AvgIpc) is 3.23. The molecule has 0 radical (unpaired) electrons. The van der Waals surface area contributed by atoms with Gasteiger partial charge < -0.3 is 20.5 Å². The van der Waals surface area contributed by atoms with Crippen LogP contribution in [0.2, 0.25) is 0 Å². The molecule has 33 heavy (non-hydrogen) atoms. The van der Waals surface area contributed by atoms with E-state index < -0.39 is 11.7 Å². The molecule has 170 valence electrons. The van der Waals surface area contributed by atoms with Gasteiger partial charge in [0.1, 0.15) is 5.75 Å². The van der Waals surface area contributed by atoms with E-state index in [2.05, 4.69) is 30.5 Å². The summed E-state index contributed by atoms with van der Waals surface area (Å²) in [5.74, 6) is 1.53. The number of nitrogens with two attached hydrogens (primary N) is 1. The van der Waals surface area contributed by atoms with Gasteiger partial charge in [-0.1, -0.05) is 6.07 Å². The van der Waals surface area contributed by atoms with Gasteiger partial charge in [-0.3, -0.25) is 5.10 Å². The van der Waals surface area contributed by atoms with E-state index in [1.54, 1.807) is 24.3 Å². The maximum atomic E-state index is 13.1. The molecule has 0 aliphatic rings. The lowest BCUT2D eigenvalue weighted by Crippen LogP contribution is -2.08. The highest BCUT2D eigenvalue weighted by molar-refractivity contribution is 5.61. The molecule has 0 atom stereocenters. The minimum Gasteiger partial charge on any atom is -0.481 e. The van der Waals surface area contributed by atoms with E-state index in [0.29, 0.717) is 17.1 Å². The summed E-state index contributed by atoms with van der Waals surface area (Å²) < 4.78 is 50.1. The molecule has 4 rings (SSSR count). The van der Waals surface area contributed by atoms with Crippen LogP contribution in [0.5, 0.6) is 17.5 Å². The Morgan fingerprint density at radius 2 is 1.70 bits per heavy atom. The Bertz CT molecular complexity index is 1270. The minimum absolute atomic E-state index is 0.0126. The molecule has 2 aromatic heterocycles. The highest BCUT2D eigenvalue weighted by Gasteiger charge is 2.32. The van der Waals surface area contributed by atoms with Crippen molar-refractivity contribution in [2.75, 3.05) is 18.2 Å². The Balaban J connectivity index is 1.47. The van der Waals surface area contributed by atoms with Crippen LogP contribution in [0.4, 0.5) is 30.8 Å². The van der Waals surface area contributed by atoms with Gasteiger partial charge in [0.05, 0.1) is 18.7 Å². The van der Waals surface area contributed by atoms with E-state index in [4.69, 9.17) is 15.2 Å². The number of hydrogen-bond acceptors (Lipinski definition) is 8. The molecule has 0 aliphatic carbocycles. The molecule has 2 aromatic carbocycles. The minimum atomic E-state index is -4.45. The molecular formula is C21H18F3N7O2. The Morgan fingerprint density at radius 3 is 2.39 bits per heavy atom. The molecule has 0 bridgehead atoms. The van der Waals surface area contributed by atoms with Crippen molar-refractivity contribution in [3.8, 4) is 28.9 Å². The van der Waals surface area contributed by atoms with Crippen LogP contribution in [0, 0.1) is 6.92 Å². The lowest BCUT2D eigenvalue weighted by molar-refractivity contribution is -0.138. The first-order valence-corrected chi connectivity index (χ1v) is 9.55. The first-order valence-electron chi connectivity index (χ1n) is 9.55. The molecule has 0 fully saturated rings. The maximum Gasteiger partial charge on any atom is 0.416 e. The Hall–Kier alpha value is -4.35. The lowest BCUT2D eigenvalue weighted by atomic mass is 10.1. The highest BCUT2D eigenvalue weighted by atomic mass is 19.4. The summed E-state index contributed by atoms with van der Waals surface area (Å²) in [7, 11) is 1.45. The number of H-pyrrole nitrogens is 1. The van der Waals surface area contributed by atoms with Crippen molar-refractivity contribution in [2.45, 2.75) is 13.1 Å². The van der Waals surface area contributed by atoms with Crippen molar-refractivity contribution >= 4 is 17.6 Å². The van der Waals surface area contributed by atoms with Gasteiger partial charge in [-0.25, -0.2) is 0 Å². The fraction of sp³-hybridized carbons (Fsp3) is 0.143. The zero-order valence-corrected chi connectivity index (χ0v) is 17.4. The van der Waals surface area contributed by atoms with Gasteiger partial charge in [-0.05, 0) is 48.9 Å². The number of ether oxygens (including phenoxy) is 2. The molecule has 0 unspecified atom stereocenters. The fourth-order valence-electron chi connectivity index (χ4n) is 2.96. The van der Waals surface area contributed by atoms with Crippen molar-refractivity contribution in [1.29, 1.82) is 0 Å². The summed E-state index contributed by atoms with van der Waals surface area (Å²) in [6.45, 7) is 1.40. The molecule has 0 aliphatic heterocycles. The number of anilines is 3. The molecule has 4 N–H and O–H groups in total. The van der Waals surface area contributed by atoms with Crippen LogP contribution in [0.25, 0.3) is 11.4 Å². The number of methoxy groups -OCH3 is 1. The van der Waals surface area contributed by atoms with Gasteiger partial charge in [-0.2, -0.15) is 28.1 Å². The quantitative estimate of drug-likeness (QED) is 0.380. The first-order chi connectivity index (χ1) is 15.7. The summed E-state index contributed by atoms with van der Waals surface area (Å²) in [5.41, 5.74) is 5.94. The van der Waals surface area contributed by atoms with Crippen molar-refractivity contribution in [2.24, 2.45) is 0 Å². The average molecular weight is 457 g/mol. The summed E-state index contributed by atoms with van der Waals surface area (Å²) in [5, 5.41) is 9.54. The number of rotatable bonds is 6. The maximum absolute atomic E-state index is 13.1. The number of nitrogens with zero attached hydrogens (tertiary/aromatic N) is 4. The lowest BCUT2D eigenvalue weighted by Gasteiger charge is -2.12. The number of aryl methyl sites for hydroxylation is 1. The highest BCUT2D eigenvalue weighted by Crippen LogP contribution is 2.34. The van der Waals surface area contributed by atoms with Gasteiger partial charge in [0.15, 0.2) is 5.82 Å². The molecular weight excluding hydrogens is 439 g/mol. The number of aromatic amines is 1. The van der Waals surface area contributed by atoms with Crippen LogP contribution in [0.15, 0.2) is 48.5 Å². The number of nitrogen functional groups attached to an aromatic ring is 1. The zero-order valence-electron chi connectivity index (χ0n) is 17.4. The van der Waals surface area contributed by atoms with Crippen LogP contribution in [-0.2, 0) is 6.18 Å². The third kappa shape index (κ3) is 5.11.